The fourth-order valence-electron chi connectivity index (χ4n) is 2.24. The van der Waals surface area contributed by atoms with Crippen molar-refractivity contribution >= 4 is 30.2 Å². The number of carbonyl (C=O) groups excluding carboxylic acids is 5. The van der Waals surface area contributed by atoms with Crippen molar-refractivity contribution in [2.45, 2.75) is 65.8 Å². The van der Waals surface area contributed by atoms with Crippen LogP contribution in [0.5, 0.6) is 0 Å². The van der Waals surface area contributed by atoms with E-state index in [1.807, 2.05) is 33.8 Å². The van der Waals surface area contributed by atoms with Crippen molar-refractivity contribution in [1.29, 1.82) is 0 Å². The number of nitrogens with two attached hydrogens (primary N) is 1. The highest BCUT2D eigenvalue weighted by Gasteiger charge is 2.23. The summed E-state index contributed by atoms with van der Waals surface area (Å²) in [5.74, 6) is -0.958. The molecule has 0 fully saturated rings. The molecule has 0 saturated heterocycles. The summed E-state index contributed by atoms with van der Waals surface area (Å²) in [6.07, 6.45) is 4.56. The highest BCUT2D eigenvalue weighted by Crippen LogP contribution is 2.04. The van der Waals surface area contributed by atoms with E-state index in [1.165, 1.54) is 7.11 Å². The van der Waals surface area contributed by atoms with E-state index >= 15 is 0 Å². The van der Waals surface area contributed by atoms with Gasteiger partial charge in [-0.15, -0.1) is 0 Å². The fraction of sp³-hybridized carbons (Fsp3) is 0.667. The van der Waals surface area contributed by atoms with Crippen molar-refractivity contribution in [2.24, 2.45) is 11.7 Å². The van der Waals surface area contributed by atoms with Crippen LogP contribution in [0, 0.1) is 5.92 Å². The van der Waals surface area contributed by atoms with Crippen LogP contribution in [-0.4, -0.2) is 56.5 Å². The van der Waals surface area contributed by atoms with Gasteiger partial charge in [0.1, 0.15) is 6.04 Å². The van der Waals surface area contributed by atoms with Gasteiger partial charge in [0, 0.05) is 31.6 Å². The molecular formula is C21H39N5O6. The Kier molecular flexibility index (Phi) is 19.3. The quantitative estimate of drug-likeness (QED) is 0.146. The van der Waals surface area contributed by atoms with E-state index in [2.05, 4.69) is 26.0 Å². The van der Waals surface area contributed by atoms with Gasteiger partial charge in [-0.2, -0.15) is 0 Å². The van der Waals surface area contributed by atoms with Crippen LogP contribution in [0.3, 0.4) is 0 Å². The summed E-state index contributed by atoms with van der Waals surface area (Å²) in [6, 6.07) is -1.20. The molecule has 11 heteroatoms. The number of urea groups is 1. The second-order valence-corrected chi connectivity index (χ2v) is 7.24. The Morgan fingerprint density at radius 2 is 1.59 bits per heavy atom. The Morgan fingerprint density at radius 1 is 1.00 bits per heavy atom. The first-order chi connectivity index (χ1) is 15.1. The Labute approximate surface area is 190 Å². The van der Waals surface area contributed by atoms with E-state index in [0.29, 0.717) is 38.8 Å². The normalized spacial score (nSPS) is 11.4. The molecular weight excluding hydrogens is 418 g/mol. The van der Waals surface area contributed by atoms with Crippen LogP contribution in [0.1, 0.15) is 59.8 Å². The van der Waals surface area contributed by atoms with E-state index in [-0.39, 0.29) is 36.5 Å². The molecule has 0 rings (SSSR count). The average molecular weight is 458 g/mol. The number of hydrogen-bond donors (Lipinski definition) is 5. The van der Waals surface area contributed by atoms with Crippen LogP contribution >= 0.6 is 0 Å². The van der Waals surface area contributed by atoms with Crippen molar-refractivity contribution < 1.29 is 28.7 Å². The van der Waals surface area contributed by atoms with Crippen LogP contribution < -0.4 is 27.0 Å². The molecule has 5 amide bonds. The van der Waals surface area contributed by atoms with E-state index < -0.39 is 12.1 Å². The van der Waals surface area contributed by atoms with Gasteiger partial charge in [-0.3, -0.25) is 19.2 Å². The lowest BCUT2D eigenvalue weighted by atomic mass is 10.0. The average Bonchev–Trinajstić information content (AvgIpc) is 2.74. The van der Waals surface area contributed by atoms with Crippen molar-refractivity contribution in [2.75, 3.05) is 20.2 Å². The topological polar surface area (TPSA) is 169 Å². The molecule has 0 bridgehead atoms. The largest absolute Gasteiger partial charge is 0.469 e. The molecule has 1 unspecified atom stereocenters. The molecule has 0 aliphatic heterocycles. The highest BCUT2D eigenvalue weighted by molar-refractivity contribution is 5.87. The van der Waals surface area contributed by atoms with E-state index in [9.17, 15) is 24.0 Å². The molecule has 0 aliphatic carbocycles. The molecule has 0 aromatic heterocycles. The van der Waals surface area contributed by atoms with Crippen LogP contribution in [-0.2, 0) is 23.9 Å². The molecule has 0 aromatic carbocycles. The summed E-state index contributed by atoms with van der Waals surface area (Å²) >= 11 is 0. The SMILES string of the molecule is C/C=C(\C)NC=O.COC(=O)CCCC(=O)NC(C(=O)NCCCCNC(N)=O)C(C)C. The summed E-state index contributed by atoms with van der Waals surface area (Å²) in [5.41, 5.74) is 5.83. The third kappa shape index (κ3) is 18.9. The first-order valence-corrected chi connectivity index (χ1v) is 10.6. The lowest BCUT2D eigenvalue weighted by Gasteiger charge is -2.21. The summed E-state index contributed by atoms with van der Waals surface area (Å²) < 4.78 is 4.51. The minimum Gasteiger partial charge on any atom is -0.469 e. The van der Waals surface area contributed by atoms with Gasteiger partial charge in [0.05, 0.1) is 7.11 Å². The molecule has 184 valence electrons. The first kappa shape index (κ1) is 31.1. The monoisotopic (exact) mass is 457 g/mol. The van der Waals surface area contributed by atoms with E-state index in [1.54, 1.807) is 0 Å². The third-order valence-electron chi connectivity index (χ3n) is 4.20. The van der Waals surface area contributed by atoms with Gasteiger partial charge in [-0.25, -0.2) is 4.79 Å². The molecule has 0 spiro atoms. The minimum absolute atomic E-state index is 0.0684. The molecule has 11 nitrogen and oxygen atoms in total. The zero-order chi connectivity index (χ0) is 24.9. The second kappa shape index (κ2) is 19.8. The number of unbranched alkanes of at least 4 members (excludes halogenated alkanes) is 1. The van der Waals surface area contributed by atoms with E-state index in [0.717, 1.165) is 5.70 Å². The first-order valence-electron chi connectivity index (χ1n) is 10.6. The number of esters is 1. The van der Waals surface area contributed by atoms with Crippen molar-refractivity contribution in [3.8, 4) is 0 Å². The molecule has 0 radical (unpaired) electrons. The maximum atomic E-state index is 12.2. The zero-order valence-electron chi connectivity index (χ0n) is 19.8. The molecule has 0 heterocycles. The van der Waals surface area contributed by atoms with Gasteiger partial charge >= 0.3 is 12.0 Å². The zero-order valence-corrected chi connectivity index (χ0v) is 19.8. The van der Waals surface area contributed by atoms with Gasteiger partial charge in [0.2, 0.25) is 18.2 Å². The summed E-state index contributed by atoms with van der Waals surface area (Å²) in [4.78, 5) is 55.3. The molecule has 1 atom stereocenters. The lowest BCUT2D eigenvalue weighted by Crippen LogP contribution is -2.49. The maximum Gasteiger partial charge on any atom is 0.312 e. The summed E-state index contributed by atoms with van der Waals surface area (Å²) in [7, 11) is 1.30. The number of rotatable bonds is 14. The maximum absolute atomic E-state index is 12.2. The van der Waals surface area contributed by atoms with Crippen molar-refractivity contribution in [3.05, 3.63) is 11.8 Å². The summed E-state index contributed by atoms with van der Waals surface area (Å²) in [5, 5.41) is 10.4. The second-order valence-electron chi connectivity index (χ2n) is 7.24. The standard InChI is InChI=1S/C16H30N4O5.C5H9NO/c1-11(2)14(20-12(21)7-6-8-13(22)25-3)15(23)18-9-4-5-10-19-16(17)24;1-3-5(2)6-4-7/h11,14H,4-10H2,1-3H3,(H,18,23)(H,20,21)(H3,17,19,24);3-4H,1-2H3,(H,6,7)/b;5-3+. The van der Waals surface area contributed by atoms with Gasteiger partial charge < -0.3 is 31.7 Å². The Morgan fingerprint density at radius 3 is 2.03 bits per heavy atom. The van der Waals surface area contributed by atoms with Gasteiger partial charge in [-0.05, 0) is 39.0 Å². The Bertz CT molecular complexity index is 622. The van der Waals surface area contributed by atoms with Gasteiger partial charge in [0.25, 0.3) is 0 Å². The fourth-order valence-corrected chi connectivity index (χ4v) is 2.24. The lowest BCUT2D eigenvalue weighted by molar-refractivity contribution is -0.140. The van der Waals surface area contributed by atoms with Crippen molar-refractivity contribution in [1.82, 2.24) is 21.3 Å². The number of hydrogen-bond acceptors (Lipinski definition) is 6. The number of amides is 5. The van der Waals surface area contributed by atoms with Crippen LogP contribution in [0.15, 0.2) is 11.8 Å². The predicted molar refractivity (Wildman–Crippen MR) is 121 cm³/mol. The molecule has 0 aromatic rings. The number of ether oxygens (including phenoxy) is 1. The number of methoxy groups -OCH3 is 1. The number of primary amides is 1. The minimum atomic E-state index is -0.630. The van der Waals surface area contributed by atoms with E-state index in [4.69, 9.17) is 5.73 Å². The van der Waals surface area contributed by atoms with Gasteiger partial charge in [-0.1, -0.05) is 19.9 Å². The molecule has 32 heavy (non-hydrogen) atoms. The highest BCUT2D eigenvalue weighted by atomic mass is 16.5. The summed E-state index contributed by atoms with van der Waals surface area (Å²) in [6.45, 7) is 8.28. The molecule has 0 aliphatic rings. The smallest absolute Gasteiger partial charge is 0.312 e. The van der Waals surface area contributed by atoms with Crippen LogP contribution in [0.4, 0.5) is 4.79 Å². The number of carbonyl (C=O) groups is 5. The predicted octanol–water partition coefficient (Wildman–Crippen LogP) is 0.691. The van der Waals surface area contributed by atoms with Crippen molar-refractivity contribution in [3.63, 3.8) is 0 Å². The van der Waals surface area contributed by atoms with Crippen LogP contribution in [0.25, 0.3) is 0 Å². The number of allylic oxidation sites excluding steroid dienone is 2. The molecule has 6 N–H and O–H groups in total. The van der Waals surface area contributed by atoms with Gasteiger partial charge in [0.15, 0.2) is 0 Å². The number of nitrogens with one attached hydrogen (secondary N) is 4. The molecule has 0 saturated carbocycles. The van der Waals surface area contributed by atoms with Crippen LogP contribution in [0.2, 0.25) is 0 Å². The Hall–Kier alpha value is -3.11. The Balaban J connectivity index is 0. The third-order valence-corrected chi connectivity index (χ3v) is 4.20.